The van der Waals surface area contributed by atoms with Crippen LogP contribution in [0.1, 0.15) is 25.3 Å². The lowest BCUT2D eigenvalue weighted by molar-refractivity contribution is -0.135. The largest absolute Gasteiger partial charge is 0.339 e. The summed E-state index contributed by atoms with van der Waals surface area (Å²) < 4.78 is 0. The van der Waals surface area contributed by atoms with Crippen LogP contribution in [0.4, 0.5) is 0 Å². The minimum absolute atomic E-state index is 0.279. The average Bonchev–Trinajstić information content (AvgIpc) is 3.29. The lowest BCUT2D eigenvalue weighted by Gasteiger charge is -2.36. The van der Waals surface area contributed by atoms with Crippen LogP contribution in [0.15, 0.2) is 24.3 Å². The number of benzene rings is 1. The molecule has 1 amide bonds. The third-order valence-corrected chi connectivity index (χ3v) is 4.99. The van der Waals surface area contributed by atoms with Crippen molar-refractivity contribution in [3.63, 3.8) is 0 Å². The van der Waals surface area contributed by atoms with Gasteiger partial charge in [0.1, 0.15) is 0 Å². The monoisotopic (exact) mass is 292 g/mol. The third kappa shape index (κ3) is 2.33. The number of carbonyl (C=O) groups excluding carboxylic acids is 1. The predicted octanol–water partition coefficient (Wildman–Crippen LogP) is 2.54. The van der Waals surface area contributed by atoms with Crippen LogP contribution in [0.25, 0.3) is 0 Å². The number of hydrogen-bond acceptors (Lipinski definition) is 2. The topological polar surface area (TPSA) is 23.6 Å². The van der Waals surface area contributed by atoms with Crippen molar-refractivity contribution in [3.8, 4) is 0 Å². The summed E-state index contributed by atoms with van der Waals surface area (Å²) >= 11 is 6.30. The molecule has 1 aromatic rings. The van der Waals surface area contributed by atoms with E-state index < -0.39 is 0 Å². The molecule has 2 fully saturated rings. The standard InChI is InChI=1S/C16H21ClN2O/c1-2-18-9-11-19(12-10-18)15(20)16(7-8-16)13-5-3-4-6-14(13)17/h3-6H,2,7-12H2,1H3. The van der Waals surface area contributed by atoms with E-state index in [1.807, 2.05) is 29.2 Å². The molecule has 1 saturated heterocycles. The Hall–Kier alpha value is -1.06. The molecule has 4 heteroatoms. The van der Waals surface area contributed by atoms with Crippen LogP contribution in [0.2, 0.25) is 5.02 Å². The van der Waals surface area contributed by atoms with Crippen LogP contribution in [-0.2, 0) is 10.2 Å². The van der Waals surface area contributed by atoms with Crippen molar-refractivity contribution in [2.75, 3.05) is 32.7 Å². The fourth-order valence-corrected chi connectivity index (χ4v) is 3.46. The van der Waals surface area contributed by atoms with Gasteiger partial charge in [0, 0.05) is 31.2 Å². The fraction of sp³-hybridized carbons (Fsp3) is 0.562. The summed E-state index contributed by atoms with van der Waals surface area (Å²) in [5.41, 5.74) is 0.691. The Kier molecular flexibility index (Phi) is 3.74. The molecule has 1 aliphatic heterocycles. The van der Waals surface area contributed by atoms with Crippen molar-refractivity contribution in [2.24, 2.45) is 0 Å². The Morgan fingerprint density at radius 3 is 2.40 bits per heavy atom. The van der Waals surface area contributed by atoms with Crippen LogP contribution < -0.4 is 0 Å². The highest BCUT2D eigenvalue weighted by Crippen LogP contribution is 2.51. The van der Waals surface area contributed by atoms with Gasteiger partial charge in [-0.2, -0.15) is 0 Å². The molecular weight excluding hydrogens is 272 g/mol. The minimum Gasteiger partial charge on any atom is -0.339 e. The molecular formula is C16H21ClN2O. The van der Waals surface area contributed by atoms with E-state index >= 15 is 0 Å². The molecule has 0 radical (unpaired) electrons. The number of piperazine rings is 1. The second-order valence-corrected chi connectivity index (χ2v) is 6.20. The highest BCUT2D eigenvalue weighted by Gasteiger charge is 2.54. The van der Waals surface area contributed by atoms with Gasteiger partial charge in [-0.25, -0.2) is 0 Å². The molecule has 0 N–H and O–H groups in total. The minimum atomic E-state index is -0.327. The van der Waals surface area contributed by atoms with Crippen LogP contribution in [0.3, 0.4) is 0 Å². The Morgan fingerprint density at radius 2 is 1.85 bits per heavy atom. The van der Waals surface area contributed by atoms with E-state index in [1.54, 1.807) is 0 Å². The molecule has 0 unspecified atom stereocenters. The molecule has 3 nitrogen and oxygen atoms in total. The van der Waals surface area contributed by atoms with Gasteiger partial charge in [0.25, 0.3) is 0 Å². The zero-order valence-corrected chi connectivity index (χ0v) is 12.7. The lowest BCUT2D eigenvalue weighted by atomic mass is 9.94. The van der Waals surface area contributed by atoms with Crippen molar-refractivity contribution in [1.82, 2.24) is 9.80 Å². The maximum Gasteiger partial charge on any atom is 0.233 e. The van der Waals surface area contributed by atoms with Gasteiger partial charge < -0.3 is 9.80 Å². The number of rotatable bonds is 3. The van der Waals surface area contributed by atoms with E-state index in [4.69, 9.17) is 11.6 Å². The molecule has 108 valence electrons. The number of halogens is 1. The molecule has 0 spiro atoms. The van der Waals surface area contributed by atoms with Crippen molar-refractivity contribution >= 4 is 17.5 Å². The first-order valence-corrected chi connectivity index (χ1v) is 7.82. The van der Waals surface area contributed by atoms with Crippen LogP contribution in [-0.4, -0.2) is 48.4 Å². The number of likely N-dealkylation sites (N-methyl/N-ethyl adjacent to an activating group) is 1. The quantitative estimate of drug-likeness (QED) is 0.855. The van der Waals surface area contributed by atoms with E-state index in [1.165, 1.54) is 0 Å². The molecule has 1 aromatic carbocycles. The maximum atomic E-state index is 12.9. The van der Waals surface area contributed by atoms with Crippen LogP contribution in [0, 0.1) is 0 Å². The summed E-state index contributed by atoms with van der Waals surface area (Å²) in [6.07, 6.45) is 1.87. The molecule has 1 heterocycles. The molecule has 2 aliphatic rings. The van der Waals surface area contributed by atoms with Crippen molar-refractivity contribution in [3.05, 3.63) is 34.9 Å². The second-order valence-electron chi connectivity index (χ2n) is 5.79. The van der Waals surface area contributed by atoms with Crippen molar-refractivity contribution in [2.45, 2.75) is 25.2 Å². The van der Waals surface area contributed by atoms with E-state index in [9.17, 15) is 4.79 Å². The number of nitrogens with zero attached hydrogens (tertiary/aromatic N) is 2. The normalized spacial score (nSPS) is 21.8. The second kappa shape index (κ2) is 5.38. The number of hydrogen-bond donors (Lipinski definition) is 0. The van der Waals surface area contributed by atoms with Crippen LogP contribution >= 0.6 is 11.6 Å². The average molecular weight is 293 g/mol. The predicted molar refractivity (Wildman–Crippen MR) is 81.1 cm³/mol. The smallest absolute Gasteiger partial charge is 0.233 e. The van der Waals surface area contributed by atoms with E-state index in [2.05, 4.69) is 11.8 Å². The van der Waals surface area contributed by atoms with E-state index in [0.717, 1.165) is 56.2 Å². The molecule has 20 heavy (non-hydrogen) atoms. The number of carbonyl (C=O) groups is 1. The third-order valence-electron chi connectivity index (χ3n) is 4.66. The van der Waals surface area contributed by atoms with Gasteiger partial charge in [-0.1, -0.05) is 36.7 Å². The number of amides is 1. The van der Waals surface area contributed by atoms with Crippen LogP contribution in [0.5, 0.6) is 0 Å². The maximum absolute atomic E-state index is 12.9. The molecule has 0 bridgehead atoms. The Balaban J connectivity index is 1.76. The Morgan fingerprint density at radius 1 is 1.20 bits per heavy atom. The van der Waals surface area contributed by atoms with Gasteiger partial charge >= 0.3 is 0 Å². The van der Waals surface area contributed by atoms with Gasteiger partial charge in [0.2, 0.25) is 5.91 Å². The molecule has 1 aliphatic carbocycles. The summed E-state index contributed by atoms with van der Waals surface area (Å²) in [5.74, 6) is 0.279. The first kappa shape index (κ1) is 13.9. The van der Waals surface area contributed by atoms with Gasteiger partial charge in [-0.15, -0.1) is 0 Å². The summed E-state index contributed by atoms with van der Waals surface area (Å²) in [6.45, 7) is 6.90. The first-order chi connectivity index (χ1) is 9.67. The van der Waals surface area contributed by atoms with Gasteiger partial charge in [0.05, 0.1) is 5.41 Å². The molecule has 0 atom stereocenters. The highest BCUT2D eigenvalue weighted by molar-refractivity contribution is 6.31. The van der Waals surface area contributed by atoms with E-state index in [0.29, 0.717) is 0 Å². The summed E-state index contributed by atoms with van der Waals surface area (Å²) in [7, 11) is 0. The summed E-state index contributed by atoms with van der Waals surface area (Å²) in [6, 6.07) is 7.80. The highest BCUT2D eigenvalue weighted by atomic mass is 35.5. The Labute approximate surface area is 125 Å². The zero-order valence-electron chi connectivity index (χ0n) is 11.9. The summed E-state index contributed by atoms with van der Waals surface area (Å²) in [5, 5.41) is 0.727. The molecule has 3 rings (SSSR count). The Bertz CT molecular complexity index is 505. The molecule has 0 aromatic heterocycles. The first-order valence-electron chi connectivity index (χ1n) is 7.44. The summed E-state index contributed by atoms with van der Waals surface area (Å²) in [4.78, 5) is 17.3. The van der Waals surface area contributed by atoms with E-state index in [-0.39, 0.29) is 11.3 Å². The zero-order chi connectivity index (χ0) is 14.2. The van der Waals surface area contributed by atoms with Crippen molar-refractivity contribution < 1.29 is 4.79 Å². The fourth-order valence-electron chi connectivity index (χ4n) is 3.14. The SMILES string of the molecule is CCN1CCN(C(=O)C2(c3ccccc3Cl)CC2)CC1. The lowest BCUT2D eigenvalue weighted by Crippen LogP contribution is -2.51. The van der Waals surface area contributed by atoms with Gasteiger partial charge in [0.15, 0.2) is 0 Å². The van der Waals surface area contributed by atoms with Crippen molar-refractivity contribution in [1.29, 1.82) is 0 Å². The van der Waals surface area contributed by atoms with Gasteiger partial charge in [-0.3, -0.25) is 4.79 Å². The molecule has 1 saturated carbocycles. The van der Waals surface area contributed by atoms with Gasteiger partial charge in [-0.05, 0) is 31.0 Å².